The van der Waals surface area contributed by atoms with E-state index < -0.39 is 9.84 Å². The van der Waals surface area contributed by atoms with Gasteiger partial charge in [0.1, 0.15) is 6.07 Å². The van der Waals surface area contributed by atoms with Crippen molar-refractivity contribution in [2.45, 2.75) is 35.8 Å². The van der Waals surface area contributed by atoms with E-state index >= 15 is 0 Å². The summed E-state index contributed by atoms with van der Waals surface area (Å²) in [5.74, 6) is 0. The van der Waals surface area contributed by atoms with Gasteiger partial charge in [-0.2, -0.15) is 5.26 Å². The second kappa shape index (κ2) is 4.38. The fourth-order valence-corrected chi connectivity index (χ4v) is 4.10. The summed E-state index contributed by atoms with van der Waals surface area (Å²) < 4.78 is 24.5. The molecular formula is C12H14N2O2S. The molecule has 0 atom stereocenters. The molecule has 1 fully saturated rings. The van der Waals surface area contributed by atoms with Crippen molar-refractivity contribution < 1.29 is 8.42 Å². The fourth-order valence-electron chi connectivity index (χ4n) is 2.21. The van der Waals surface area contributed by atoms with E-state index in [9.17, 15) is 8.42 Å². The highest BCUT2D eigenvalue weighted by molar-refractivity contribution is 7.92. The zero-order chi connectivity index (χ0) is 12.5. The molecule has 1 saturated carbocycles. The number of nitrogens with zero attached hydrogens (tertiary/aromatic N) is 1. The highest BCUT2D eigenvalue weighted by Crippen LogP contribution is 2.30. The number of nitrogens with two attached hydrogens (primary N) is 1. The third kappa shape index (κ3) is 2.13. The van der Waals surface area contributed by atoms with Gasteiger partial charge in [0.15, 0.2) is 9.84 Å². The Kier molecular flexibility index (Phi) is 3.07. The molecule has 0 radical (unpaired) electrons. The summed E-state index contributed by atoms with van der Waals surface area (Å²) in [7, 11) is -3.28. The van der Waals surface area contributed by atoms with Crippen LogP contribution in [0.15, 0.2) is 23.1 Å². The topological polar surface area (TPSA) is 84.0 Å². The van der Waals surface area contributed by atoms with Crippen molar-refractivity contribution in [3.05, 3.63) is 23.8 Å². The molecule has 5 heteroatoms. The Labute approximate surface area is 101 Å². The zero-order valence-corrected chi connectivity index (χ0v) is 10.2. The first-order valence-corrected chi connectivity index (χ1v) is 7.14. The van der Waals surface area contributed by atoms with Crippen molar-refractivity contribution in [3.8, 4) is 6.07 Å². The second-order valence-electron chi connectivity index (χ2n) is 4.31. The molecule has 0 aliphatic heterocycles. The van der Waals surface area contributed by atoms with Crippen LogP contribution in [0.25, 0.3) is 0 Å². The maximum atomic E-state index is 12.2. The van der Waals surface area contributed by atoms with Crippen molar-refractivity contribution in [3.63, 3.8) is 0 Å². The number of nitrogen functional groups attached to an aromatic ring is 1. The van der Waals surface area contributed by atoms with Gasteiger partial charge >= 0.3 is 0 Å². The van der Waals surface area contributed by atoms with E-state index in [1.165, 1.54) is 18.2 Å². The molecule has 0 amide bonds. The first-order valence-electron chi connectivity index (χ1n) is 5.59. The Bertz CT molecular complexity index is 567. The van der Waals surface area contributed by atoms with E-state index in [0.29, 0.717) is 5.56 Å². The van der Waals surface area contributed by atoms with Crippen LogP contribution in [0.5, 0.6) is 0 Å². The van der Waals surface area contributed by atoms with E-state index in [0.717, 1.165) is 25.7 Å². The summed E-state index contributed by atoms with van der Waals surface area (Å²) in [5.41, 5.74) is 6.18. The Hall–Kier alpha value is -1.54. The second-order valence-corrected chi connectivity index (χ2v) is 6.54. The summed E-state index contributed by atoms with van der Waals surface area (Å²) in [4.78, 5) is 0.237. The minimum absolute atomic E-state index is 0.228. The molecule has 0 aromatic heterocycles. The van der Waals surface area contributed by atoms with Crippen LogP contribution >= 0.6 is 0 Å². The lowest BCUT2D eigenvalue weighted by molar-refractivity contribution is 0.579. The number of rotatable bonds is 2. The maximum absolute atomic E-state index is 12.2. The molecular weight excluding hydrogens is 236 g/mol. The van der Waals surface area contributed by atoms with Crippen molar-refractivity contribution in [1.29, 1.82) is 5.26 Å². The molecule has 0 spiro atoms. The molecule has 2 rings (SSSR count). The van der Waals surface area contributed by atoms with E-state index in [1.807, 2.05) is 6.07 Å². The lowest BCUT2D eigenvalue weighted by atomic mass is 10.2. The summed E-state index contributed by atoms with van der Waals surface area (Å²) >= 11 is 0. The summed E-state index contributed by atoms with van der Waals surface area (Å²) in [6.45, 7) is 0. The van der Waals surface area contributed by atoms with Gasteiger partial charge in [0, 0.05) is 0 Å². The van der Waals surface area contributed by atoms with Gasteiger partial charge in [-0.1, -0.05) is 12.8 Å². The lowest BCUT2D eigenvalue weighted by Crippen LogP contribution is -2.18. The number of hydrogen-bond acceptors (Lipinski definition) is 4. The van der Waals surface area contributed by atoms with E-state index in [2.05, 4.69) is 0 Å². The van der Waals surface area contributed by atoms with Crippen LogP contribution in [0.2, 0.25) is 0 Å². The third-order valence-electron chi connectivity index (χ3n) is 3.21. The van der Waals surface area contributed by atoms with Gasteiger partial charge in [0.25, 0.3) is 0 Å². The molecule has 0 unspecified atom stereocenters. The van der Waals surface area contributed by atoms with E-state index in [4.69, 9.17) is 11.0 Å². The van der Waals surface area contributed by atoms with Crippen molar-refractivity contribution in [1.82, 2.24) is 0 Å². The van der Waals surface area contributed by atoms with Crippen molar-refractivity contribution in [2.24, 2.45) is 0 Å². The molecule has 2 N–H and O–H groups in total. The smallest absolute Gasteiger partial charge is 0.181 e. The van der Waals surface area contributed by atoms with Crippen molar-refractivity contribution >= 4 is 15.5 Å². The zero-order valence-electron chi connectivity index (χ0n) is 9.39. The van der Waals surface area contributed by atoms with Crippen molar-refractivity contribution in [2.75, 3.05) is 5.73 Å². The predicted molar refractivity (Wildman–Crippen MR) is 65.0 cm³/mol. The molecule has 1 aliphatic rings. The molecule has 4 nitrogen and oxygen atoms in total. The monoisotopic (exact) mass is 250 g/mol. The van der Waals surface area contributed by atoms with Gasteiger partial charge in [-0.15, -0.1) is 0 Å². The molecule has 90 valence electrons. The maximum Gasteiger partial charge on any atom is 0.181 e. The van der Waals surface area contributed by atoms with Crippen LogP contribution in [0.4, 0.5) is 5.69 Å². The Morgan fingerprint density at radius 2 is 1.94 bits per heavy atom. The van der Waals surface area contributed by atoms with Gasteiger partial charge in [0.2, 0.25) is 0 Å². The number of sulfone groups is 1. The minimum Gasteiger partial charge on any atom is -0.398 e. The lowest BCUT2D eigenvalue weighted by Gasteiger charge is -2.11. The molecule has 0 bridgehead atoms. The predicted octanol–water partition coefficient (Wildman–Crippen LogP) is 1.86. The van der Waals surface area contributed by atoms with Crippen LogP contribution in [-0.2, 0) is 9.84 Å². The molecule has 1 aromatic carbocycles. The summed E-state index contributed by atoms with van der Waals surface area (Å²) in [6.07, 6.45) is 3.38. The molecule has 17 heavy (non-hydrogen) atoms. The van der Waals surface area contributed by atoms with Crippen LogP contribution in [-0.4, -0.2) is 13.7 Å². The quantitative estimate of drug-likeness (QED) is 0.812. The van der Waals surface area contributed by atoms with E-state index in [-0.39, 0.29) is 15.8 Å². The standard InChI is InChI=1S/C12H14N2O2S/c13-8-9-5-6-11(7-12(9)14)17(15,16)10-3-1-2-4-10/h5-7,10H,1-4,14H2. The highest BCUT2D eigenvalue weighted by Gasteiger charge is 2.30. The van der Waals surface area contributed by atoms with Crippen LogP contribution < -0.4 is 5.73 Å². The van der Waals surface area contributed by atoms with Gasteiger partial charge in [0.05, 0.1) is 21.4 Å². The number of nitriles is 1. The fraction of sp³-hybridized carbons (Fsp3) is 0.417. The summed E-state index contributed by atoms with van der Waals surface area (Å²) in [6, 6.07) is 6.26. The van der Waals surface area contributed by atoms with Crippen LogP contribution in [0, 0.1) is 11.3 Å². The Morgan fingerprint density at radius 1 is 1.29 bits per heavy atom. The SMILES string of the molecule is N#Cc1ccc(S(=O)(=O)C2CCCC2)cc1N. The number of anilines is 1. The number of hydrogen-bond donors (Lipinski definition) is 1. The molecule has 1 aliphatic carbocycles. The highest BCUT2D eigenvalue weighted by atomic mass is 32.2. The van der Waals surface area contributed by atoms with Crippen LogP contribution in [0.3, 0.4) is 0 Å². The Morgan fingerprint density at radius 3 is 2.47 bits per heavy atom. The average Bonchev–Trinajstić information content (AvgIpc) is 2.83. The molecule has 0 heterocycles. The average molecular weight is 250 g/mol. The minimum atomic E-state index is -3.28. The van der Waals surface area contributed by atoms with Crippen LogP contribution in [0.1, 0.15) is 31.2 Å². The summed E-state index contributed by atoms with van der Waals surface area (Å²) in [5, 5.41) is 8.46. The van der Waals surface area contributed by atoms with Gasteiger partial charge in [-0.3, -0.25) is 0 Å². The van der Waals surface area contributed by atoms with E-state index in [1.54, 1.807) is 0 Å². The number of benzene rings is 1. The first kappa shape index (κ1) is 11.9. The Balaban J connectivity index is 2.40. The molecule has 1 aromatic rings. The molecule has 0 saturated heterocycles. The third-order valence-corrected chi connectivity index (χ3v) is 5.47. The van der Waals surface area contributed by atoms with Gasteiger partial charge in [-0.05, 0) is 31.0 Å². The van der Waals surface area contributed by atoms with Gasteiger partial charge in [-0.25, -0.2) is 8.42 Å². The first-order chi connectivity index (χ1) is 8.05. The largest absolute Gasteiger partial charge is 0.398 e. The normalized spacial score (nSPS) is 16.9. The van der Waals surface area contributed by atoms with Gasteiger partial charge < -0.3 is 5.73 Å².